The molecule has 8 heteroatoms. The Labute approximate surface area is 255 Å². The zero-order valence-electron chi connectivity index (χ0n) is 26.7. The fourth-order valence-electron chi connectivity index (χ4n) is 6.18. The van der Waals surface area contributed by atoms with Crippen LogP contribution in [0.5, 0.6) is 0 Å². The smallest absolute Gasteiger partial charge is 0.313 e. The zero-order valence-corrected chi connectivity index (χ0v) is 26.7. The topological polar surface area (TPSA) is 120 Å². The van der Waals surface area contributed by atoms with E-state index in [1.54, 1.807) is 0 Å². The summed E-state index contributed by atoms with van der Waals surface area (Å²) in [6.07, 6.45) is 4.89. The van der Waals surface area contributed by atoms with E-state index >= 15 is 4.39 Å². The van der Waals surface area contributed by atoms with Gasteiger partial charge in [0.2, 0.25) is 0 Å². The van der Waals surface area contributed by atoms with Crippen molar-refractivity contribution in [2.45, 2.75) is 92.7 Å². The Morgan fingerprint density at radius 2 is 1.95 bits per heavy atom. The normalized spacial score (nSPS) is 18.9. The molecule has 0 amide bonds. The van der Waals surface area contributed by atoms with Crippen molar-refractivity contribution in [1.29, 1.82) is 0 Å². The van der Waals surface area contributed by atoms with Crippen LogP contribution in [-0.2, 0) is 27.2 Å². The van der Waals surface area contributed by atoms with Crippen molar-refractivity contribution >= 4 is 28.2 Å². The number of aryl methyl sites for hydroxylation is 1. The number of ether oxygens (including phenoxy) is 1. The number of nitrogens with one attached hydrogen (secondary N) is 1. The van der Waals surface area contributed by atoms with E-state index in [-0.39, 0.29) is 30.2 Å². The molecule has 43 heavy (non-hydrogen) atoms. The summed E-state index contributed by atoms with van der Waals surface area (Å²) in [4.78, 5) is 30.1. The van der Waals surface area contributed by atoms with Gasteiger partial charge in [0.25, 0.3) is 0 Å². The Kier molecular flexibility index (Phi) is 11.1. The van der Waals surface area contributed by atoms with E-state index in [2.05, 4.69) is 25.4 Å². The number of rotatable bonds is 10. The minimum atomic E-state index is -0.537. The molecule has 0 saturated heterocycles. The van der Waals surface area contributed by atoms with Crippen molar-refractivity contribution in [3.8, 4) is 0 Å². The monoisotopic (exact) mass is 590 g/mol. The predicted octanol–water partition coefficient (Wildman–Crippen LogP) is 6.42. The fourth-order valence-corrected chi connectivity index (χ4v) is 6.18. The quantitative estimate of drug-likeness (QED) is 0.273. The van der Waals surface area contributed by atoms with E-state index in [1.165, 1.54) is 13.0 Å². The first-order valence-electron chi connectivity index (χ1n) is 15.3. The number of carbonyl (C=O) groups is 2. The van der Waals surface area contributed by atoms with Gasteiger partial charge in [0.1, 0.15) is 12.4 Å². The number of ketones is 1. The third-order valence-electron chi connectivity index (χ3n) is 8.37. The van der Waals surface area contributed by atoms with E-state index in [9.17, 15) is 9.59 Å². The highest BCUT2D eigenvalue weighted by atomic mass is 19.1. The lowest BCUT2D eigenvalue weighted by atomic mass is 9.80. The van der Waals surface area contributed by atoms with Gasteiger partial charge in [-0.05, 0) is 79.9 Å². The lowest BCUT2D eigenvalue weighted by molar-refractivity contribution is -0.147. The predicted molar refractivity (Wildman–Crippen MR) is 173 cm³/mol. The molecule has 1 aromatic heterocycles. The number of cyclic esters (lactones) is 1. The van der Waals surface area contributed by atoms with Gasteiger partial charge < -0.3 is 21.5 Å². The van der Waals surface area contributed by atoms with Crippen LogP contribution in [0.3, 0.4) is 0 Å². The second-order valence-corrected chi connectivity index (χ2v) is 11.2. The van der Waals surface area contributed by atoms with E-state index < -0.39 is 12.0 Å². The highest BCUT2D eigenvalue weighted by Crippen LogP contribution is 2.42. The molecule has 1 aromatic carbocycles. The van der Waals surface area contributed by atoms with E-state index in [0.717, 1.165) is 34.1 Å². The maximum atomic E-state index is 15.1. The Morgan fingerprint density at radius 1 is 1.28 bits per heavy atom. The minimum Gasteiger partial charge on any atom is -0.460 e. The van der Waals surface area contributed by atoms with Crippen LogP contribution in [0.1, 0.15) is 94.8 Å². The number of hydrogen-bond donors (Lipinski definition) is 3. The number of pyridine rings is 1. The average Bonchev–Trinajstić information content (AvgIpc) is 2.96. The van der Waals surface area contributed by atoms with Crippen LogP contribution >= 0.6 is 0 Å². The molecule has 1 aliphatic carbocycles. The molecular weight excluding hydrogens is 543 g/mol. The summed E-state index contributed by atoms with van der Waals surface area (Å²) >= 11 is 0. The number of hydrogen-bond acceptors (Lipinski definition) is 7. The summed E-state index contributed by atoms with van der Waals surface area (Å²) in [6, 6.07) is 0.979. The molecule has 7 nitrogen and oxygen atoms in total. The number of aromatic nitrogens is 1. The number of esters is 1. The Morgan fingerprint density at radius 3 is 2.53 bits per heavy atom. The van der Waals surface area contributed by atoms with Gasteiger partial charge in [-0.1, -0.05) is 46.9 Å². The van der Waals surface area contributed by atoms with Crippen LogP contribution in [-0.4, -0.2) is 29.4 Å². The van der Waals surface area contributed by atoms with Gasteiger partial charge in [-0.15, -0.1) is 0 Å². The minimum absolute atomic E-state index is 0.0434. The second-order valence-electron chi connectivity index (χ2n) is 11.2. The SMILES string of the molecule is C=C(N)CC(N)C(=C)NC1CCc2c(C)c(F)cc3nc(/C(C)=C/C4=C(C(C)=O)COC(=O)C4CC)c(CC)c1c23.CC. The molecule has 4 rings (SSSR count). The summed E-state index contributed by atoms with van der Waals surface area (Å²) in [5.74, 6) is -1.29. The average molecular weight is 591 g/mol. The summed E-state index contributed by atoms with van der Waals surface area (Å²) in [5.41, 5.74) is 20.2. The number of nitrogens with two attached hydrogens (primary N) is 2. The van der Waals surface area contributed by atoms with Crippen LogP contribution in [0.4, 0.5) is 4.39 Å². The van der Waals surface area contributed by atoms with Crippen LogP contribution in [0, 0.1) is 18.7 Å². The van der Waals surface area contributed by atoms with Gasteiger partial charge in [0.15, 0.2) is 5.78 Å². The van der Waals surface area contributed by atoms with Crippen molar-refractivity contribution < 1.29 is 18.7 Å². The third kappa shape index (κ3) is 6.74. The molecule has 0 radical (unpaired) electrons. The third-order valence-corrected chi connectivity index (χ3v) is 8.37. The van der Waals surface area contributed by atoms with Crippen molar-refractivity contribution in [2.24, 2.45) is 17.4 Å². The van der Waals surface area contributed by atoms with Gasteiger partial charge in [-0.3, -0.25) is 9.59 Å². The Balaban J connectivity index is 0.00000248. The highest BCUT2D eigenvalue weighted by molar-refractivity contribution is 5.98. The molecule has 5 N–H and O–H groups in total. The summed E-state index contributed by atoms with van der Waals surface area (Å²) < 4.78 is 20.4. The van der Waals surface area contributed by atoms with Gasteiger partial charge in [-0.25, -0.2) is 9.37 Å². The number of halogens is 1. The first-order valence-corrected chi connectivity index (χ1v) is 15.3. The number of allylic oxidation sites excluding steroid dienone is 2. The molecule has 2 heterocycles. The van der Waals surface area contributed by atoms with Crippen molar-refractivity contribution in [2.75, 3.05) is 6.61 Å². The molecule has 232 valence electrons. The molecule has 0 spiro atoms. The summed E-state index contributed by atoms with van der Waals surface area (Å²) in [5, 5.41) is 4.51. The van der Waals surface area contributed by atoms with E-state index in [0.29, 0.717) is 65.0 Å². The van der Waals surface area contributed by atoms with Crippen LogP contribution in [0.2, 0.25) is 0 Å². The number of carbonyl (C=O) groups excluding carboxylic acids is 2. The molecule has 3 atom stereocenters. The van der Waals surface area contributed by atoms with Crippen molar-refractivity contribution in [3.05, 3.63) is 81.6 Å². The highest BCUT2D eigenvalue weighted by Gasteiger charge is 2.33. The number of benzene rings is 1. The zero-order chi connectivity index (χ0) is 32.2. The summed E-state index contributed by atoms with van der Waals surface area (Å²) in [6.45, 7) is 21.1. The maximum Gasteiger partial charge on any atom is 0.313 e. The number of Topliss-reactive ketones (excluding diaryl/α,β-unsaturated/α-hetero) is 1. The van der Waals surface area contributed by atoms with Crippen LogP contribution in [0.25, 0.3) is 16.5 Å². The lowest BCUT2D eigenvalue weighted by Crippen LogP contribution is -2.35. The van der Waals surface area contributed by atoms with E-state index in [4.69, 9.17) is 21.2 Å². The standard InChI is InChI=1S/C33H41FN4O3.C2H6/c1-8-21-24(25(20(7)39)15-41-33(21)40)12-16(3)32-22(9-2)30-28(37-19(6)27(36)13-17(4)35)11-10-23-18(5)26(34)14-29(38-32)31(23)30;1-2/h12,14,21,27-28,37H,4,6,8-11,13,15,35-36H2,1-3,5,7H3;1-2H3/b16-12+;. The molecule has 2 aromatic rings. The van der Waals surface area contributed by atoms with Gasteiger partial charge in [0.05, 0.1) is 23.2 Å². The largest absolute Gasteiger partial charge is 0.460 e. The molecule has 0 bridgehead atoms. The maximum absolute atomic E-state index is 15.1. The second kappa shape index (κ2) is 14.1. The lowest BCUT2D eigenvalue weighted by Gasteiger charge is -2.33. The first kappa shape index (κ1) is 33.7. The van der Waals surface area contributed by atoms with Crippen molar-refractivity contribution in [1.82, 2.24) is 10.3 Å². The van der Waals surface area contributed by atoms with E-state index in [1.807, 2.05) is 40.7 Å². The molecule has 0 saturated carbocycles. The number of nitrogens with zero attached hydrogens (tertiary/aromatic N) is 1. The molecule has 2 aliphatic rings. The Hall–Kier alpha value is -3.78. The molecule has 3 unspecified atom stereocenters. The van der Waals surface area contributed by atoms with Gasteiger partial charge in [-0.2, -0.15) is 0 Å². The van der Waals surface area contributed by atoms with Crippen molar-refractivity contribution in [3.63, 3.8) is 0 Å². The van der Waals surface area contributed by atoms with Crippen LogP contribution < -0.4 is 16.8 Å². The summed E-state index contributed by atoms with van der Waals surface area (Å²) in [7, 11) is 0. The molecular formula is C35H47FN4O3. The van der Waals surface area contributed by atoms with Gasteiger partial charge >= 0.3 is 5.97 Å². The molecule has 1 aliphatic heterocycles. The fraction of sp³-hybridized carbons (Fsp3) is 0.457. The van der Waals surface area contributed by atoms with Crippen LogP contribution in [0.15, 0.2) is 47.8 Å². The first-order chi connectivity index (χ1) is 20.4. The Bertz CT molecular complexity index is 1520. The molecule has 0 fully saturated rings. The van der Waals surface area contributed by atoms with Gasteiger partial charge in [0, 0.05) is 40.9 Å².